The number of hydrogen-bond donors (Lipinski definition) is 2. The summed E-state index contributed by atoms with van der Waals surface area (Å²) in [4.78, 5) is 5.88. The van der Waals surface area contributed by atoms with Crippen molar-refractivity contribution in [2.75, 3.05) is 23.3 Å². The maximum absolute atomic E-state index is 9.79. The third-order valence-corrected chi connectivity index (χ3v) is 7.05. The maximum Gasteiger partial charge on any atom is 0.188 e. The van der Waals surface area contributed by atoms with Crippen molar-refractivity contribution in [3.05, 3.63) is 64.0 Å². The molecule has 1 aliphatic carbocycles. The first-order valence-corrected chi connectivity index (χ1v) is 10.9. The van der Waals surface area contributed by atoms with Gasteiger partial charge in [0, 0.05) is 35.4 Å². The van der Waals surface area contributed by atoms with Gasteiger partial charge in [-0.2, -0.15) is 0 Å². The second kappa shape index (κ2) is 7.67. The highest BCUT2D eigenvalue weighted by Crippen LogP contribution is 2.49. The SMILES string of the molecule is [C-]#[N+]c1ccc2c(N3CCC4(CC(O)C4)C3)nnc(NCc3ccc(C)c(Cl)c3)c2c1. The van der Waals surface area contributed by atoms with E-state index in [1.165, 1.54) is 0 Å². The zero-order valence-corrected chi connectivity index (χ0v) is 18.2. The summed E-state index contributed by atoms with van der Waals surface area (Å²) in [6.07, 6.45) is 2.65. The molecule has 31 heavy (non-hydrogen) atoms. The van der Waals surface area contributed by atoms with E-state index < -0.39 is 0 Å². The lowest BCUT2D eigenvalue weighted by molar-refractivity contribution is -0.0179. The monoisotopic (exact) mass is 433 g/mol. The molecule has 0 unspecified atom stereocenters. The highest BCUT2D eigenvalue weighted by atomic mass is 35.5. The predicted octanol–water partition coefficient (Wildman–Crippen LogP) is 5.11. The summed E-state index contributed by atoms with van der Waals surface area (Å²) >= 11 is 6.26. The van der Waals surface area contributed by atoms with E-state index in [0.717, 1.165) is 65.1 Å². The largest absolute Gasteiger partial charge is 0.393 e. The molecule has 1 aromatic heterocycles. The number of aliphatic hydroxyl groups is 1. The smallest absolute Gasteiger partial charge is 0.188 e. The number of aryl methyl sites for hydroxylation is 1. The van der Waals surface area contributed by atoms with Crippen LogP contribution in [0.25, 0.3) is 15.6 Å². The van der Waals surface area contributed by atoms with Gasteiger partial charge in [-0.1, -0.05) is 35.9 Å². The summed E-state index contributed by atoms with van der Waals surface area (Å²) in [6.45, 7) is 11.8. The van der Waals surface area contributed by atoms with Crippen molar-refractivity contribution in [2.24, 2.45) is 5.41 Å². The normalized spacial score (nSPS) is 22.5. The molecule has 2 heterocycles. The van der Waals surface area contributed by atoms with Crippen LogP contribution in [-0.4, -0.2) is 34.5 Å². The van der Waals surface area contributed by atoms with Crippen molar-refractivity contribution < 1.29 is 5.11 Å². The highest BCUT2D eigenvalue weighted by molar-refractivity contribution is 6.31. The van der Waals surface area contributed by atoms with Crippen molar-refractivity contribution in [2.45, 2.75) is 38.8 Å². The zero-order chi connectivity index (χ0) is 21.6. The van der Waals surface area contributed by atoms with Crippen LogP contribution in [0.2, 0.25) is 5.02 Å². The van der Waals surface area contributed by atoms with Gasteiger partial charge in [-0.25, -0.2) is 4.85 Å². The molecular formula is C24H24ClN5O. The van der Waals surface area contributed by atoms with Crippen LogP contribution >= 0.6 is 11.6 Å². The second-order valence-corrected chi connectivity index (χ2v) is 9.29. The molecule has 7 heteroatoms. The predicted molar refractivity (Wildman–Crippen MR) is 124 cm³/mol. The molecule has 0 amide bonds. The number of fused-ring (bicyclic) bond motifs is 1. The fourth-order valence-electron chi connectivity index (χ4n) is 4.88. The minimum atomic E-state index is -0.161. The van der Waals surface area contributed by atoms with Gasteiger partial charge in [0.2, 0.25) is 0 Å². The molecule has 1 spiro atoms. The standard InChI is InChI=1S/C24H24ClN5O/c1-15-3-4-16(9-21(15)25)13-27-22-20-10-17(26-2)5-6-19(20)23(29-28-22)30-8-7-24(14-30)11-18(31)12-24/h3-6,9-10,18,31H,7-8,11-14H2,1H3,(H,27,28). The number of nitrogens with one attached hydrogen (secondary N) is 1. The third kappa shape index (κ3) is 3.69. The van der Waals surface area contributed by atoms with Gasteiger partial charge >= 0.3 is 0 Å². The Kier molecular flexibility index (Phi) is 4.96. The van der Waals surface area contributed by atoms with Crippen LogP contribution < -0.4 is 10.2 Å². The Balaban J connectivity index is 1.46. The van der Waals surface area contributed by atoms with Crippen LogP contribution in [0, 0.1) is 18.9 Å². The lowest BCUT2D eigenvalue weighted by atomic mass is 9.66. The fraction of sp³-hybridized carbons (Fsp3) is 0.375. The number of anilines is 2. The van der Waals surface area contributed by atoms with Gasteiger partial charge in [-0.05, 0) is 54.9 Å². The molecule has 1 aliphatic heterocycles. The first kappa shape index (κ1) is 20.0. The van der Waals surface area contributed by atoms with Crippen LogP contribution in [0.4, 0.5) is 17.3 Å². The Bertz CT molecular complexity index is 1200. The third-order valence-electron chi connectivity index (χ3n) is 6.64. The molecule has 0 bridgehead atoms. The van der Waals surface area contributed by atoms with Crippen molar-refractivity contribution in [1.82, 2.24) is 10.2 Å². The van der Waals surface area contributed by atoms with Gasteiger partial charge in [0.15, 0.2) is 17.3 Å². The lowest BCUT2D eigenvalue weighted by Crippen LogP contribution is -2.43. The minimum Gasteiger partial charge on any atom is -0.393 e. The molecule has 5 rings (SSSR count). The van der Waals surface area contributed by atoms with E-state index in [-0.39, 0.29) is 11.5 Å². The lowest BCUT2D eigenvalue weighted by Gasteiger charge is -2.42. The highest BCUT2D eigenvalue weighted by Gasteiger charge is 2.48. The number of aliphatic hydroxyl groups excluding tert-OH is 1. The molecule has 1 saturated carbocycles. The van der Waals surface area contributed by atoms with E-state index in [4.69, 9.17) is 18.2 Å². The second-order valence-electron chi connectivity index (χ2n) is 8.88. The number of benzene rings is 2. The van der Waals surface area contributed by atoms with Gasteiger partial charge in [0.25, 0.3) is 0 Å². The molecule has 0 radical (unpaired) electrons. The first-order chi connectivity index (χ1) is 15.0. The van der Waals surface area contributed by atoms with E-state index in [1.54, 1.807) is 0 Å². The number of hydrogen-bond acceptors (Lipinski definition) is 5. The number of nitrogens with zero attached hydrogens (tertiary/aromatic N) is 4. The Morgan fingerprint density at radius 1 is 1.23 bits per heavy atom. The number of rotatable bonds is 4. The van der Waals surface area contributed by atoms with Gasteiger partial charge in [0.05, 0.1) is 12.7 Å². The summed E-state index contributed by atoms with van der Waals surface area (Å²) in [5.74, 6) is 1.52. The average Bonchev–Trinajstić information content (AvgIpc) is 3.18. The van der Waals surface area contributed by atoms with Crippen molar-refractivity contribution in [3.63, 3.8) is 0 Å². The Morgan fingerprint density at radius 3 is 2.81 bits per heavy atom. The van der Waals surface area contributed by atoms with Crippen molar-refractivity contribution in [3.8, 4) is 0 Å². The summed E-state index contributed by atoms with van der Waals surface area (Å²) in [7, 11) is 0. The van der Waals surface area contributed by atoms with Crippen LogP contribution in [0.1, 0.15) is 30.4 Å². The number of halogens is 1. The summed E-state index contributed by atoms with van der Waals surface area (Å²) in [5, 5.41) is 24.9. The molecule has 2 aromatic carbocycles. The first-order valence-electron chi connectivity index (χ1n) is 10.6. The molecule has 2 fully saturated rings. The summed E-state index contributed by atoms with van der Waals surface area (Å²) < 4.78 is 0. The molecule has 6 nitrogen and oxygen atoms in total. The molecule has 1 saturated heterocycles. The molecule has 2 N–H and O–H groups in total. The van der Waals surface area contributed by atoms with Crippen LogP contribution in [-0.2, 0) is 6.54 Å². The van der Waals surface area contributed by atoms with Crippen LogP contribution in [0.5, 0.6) is 0 Å². The van der Waals surface area contributed by atoms with Gasteiger partial charge in [0.1, 0.15) is 0 Å². The van der Waals surface area contributed by atoms with E-state index in [0.29, 0.717) is 18.1 Å². The zero-order valence-electron chi connectivity index (χ0n) is 17.4. The summed E-state index contributed by atoms with van der Waals surface area (Å²) in [6, 6.07) is 11.7. The molecule has 0 atom stereocenters. The quantitative estimate of drug-likeness (QED) is 0.560. The average molecular weight is 434 g/mol. The molecule has 158 valence electrons. The topological polar surface area (TPSA) is 65.6 Å². The van der Waals surface area contributed by atoms with E-state index in [1.807, 2.05) is 43.3 Å². The summed E-state index contributed by atoms with van der Waals surface area (Å²) in [5.41, 5.74) is 2.89. The Labute approximate surface area is 186 Å². The van der Waals surface area contributed by atoms with Crippen molar-refractivity contribution in [1.29, 1.82) is 0 Å². The Morgan fingerprint density at radius 2 is 2.06 bits per heavy atom. The fourth-order valence-corrected chi connectivity index (χ4v) is 5.09. The van der Waals surface area contributed by atoms with Crippen LogP contribution in [0.3, 0.4) is 0 Å². The van der Waals surface area contributed by atoms with E-state index in [9.17, 15) is 5.11 Å². The minimum absolute atomic E-state index is 0.161. The number of aromatic nitrogens is 2. The van der Waals surface area contributed by atoms with E-state index in [2.05, 4.69) is 25.3 Å². The van der Waals surface area contributed by atoms with Gasteiger partial charge in [-0.15, -0.1) is 10.2 Å². The molecule has 3 aromatic rings. The van der Waals surface area contributed by atoms with Gasteiger partial charge in [-0.3, -0.25) is 0 Å². The van der Waals surface area contributed by atoms with E-state index >= 15 is 0 Å². The molecular weight excluding hydrogens is 410 g/mol. The van der Waals surface area contributed by atoms with Crippen LogP contribution in [0.15, 0.2) is 36.4 Å². The Hall–Kier alpha value is -2.88. The van der Waals surface area contributed by atoms with Crippen molar-refractivity contribution >= 4 is 39.7 Å². The maximum atomic E-state index is 9.79. The van der Waals surface area contributed by atoms with Gasteiger partial charge < -0.3 is 15.3 Å². The molecule has 2 aliphatic rings.